The van der Waals surface area contributed by atoms with Gasteiger partial charge in [-0.05, 0) is 167 Å². The monoisotopic (exact) mass is 1540 g/mol. The summed E-state index contributed by atoms with van der Waals surface area (Å²) in [6, 6.07) is 0. The summed E-state index contributed by atoms with van der Waals surface area (Å²) in [5.41, 5.74) is 0. The van der Waals surface area contributed by atoms with Gasteiger partial charge in [0.05, 0.1) is 26.4 Å². The number of aliphatic hydroxyl groups excluding tert-OH is 1. The molecular weight excluding hydrogens is 1400 g/mol. The van der Waals surface area contributed by atoms with Crippen molar-refractivity contribution in [2.45, 2.75) is 303 Å². The maximum absolute atomic E-state index is 13.1. The van der Waals surface area contributed by atoms with E-state index in [1.807, 2.05) is 36.5 Å². The Hall–Kier alpha value is -6.10. The zero-order valence-corrected chi connectivity index (χ0v) is 68.5. The zero-order chi connectivity index (χ0) is 78.9. The van der Waals surface area contributed by atoms with Gasteiger partial charge in [-0.2, -0.15) is 0 Å². The summed E-state index contributed by atoms with van der Waals surface area (Å²) in [6.07, 6.45) is 97.2. The van der Waals surface area contributed by atoms with E-state index in [1.54, 1.807) is 0 Å². The van der Waals surface area contributed by atoms with Gasteiger partial charge in [-0.15, -0.1) is 0 Å². The summed E-state index contributed by atoms with van der Waals surface area (Å²) >= 11 is 0. The third-order valence-electron chi connectivity index (χ3n) is 16.1. The first kappa shape index (κ1) is 102. The molecule has 0 saturated heterocycles. The molecule has 2 unspecified atom stereocenters. The second kappa shape index (κ2) is 79.0. The summed E-state index contributed by atoms with van der Waals surface area (Å²) in [7, 11) is -10.0. The molecule has 0 rings (SSSR count). The number of aliphatic hydroxyl groups is 1. The molecule has 0 aliphatic carbocycles. The smallest absolute Gasteiger partial charge is 0.462 e. The Balaban J connectivity index is 5.56. The van der Waals surface area contributed by atoms with Gasteiger partial charge in [-0.1, -0.05) is 286 Å². The van der Waals surface area contributed by atoms with Crippen LogP contribution in [0.4, 0.5) is 0 Å². The first-order valence-corrected chi connectivity index (χ1v) is 43.7. The molecule has 0 spiro atoms. The first-order chi connectivity index (χ1) is 52.7. The van der Waals surface area contributed by atoms with Crippen molar-refractivity contribution in [3.05, 3.63) is 194 Å². The summed E-state index contributed by atoms with van der Waals surface area (Å²) in [5, 5.41) is 10.7. The molecular formula is C89H142O17P2. The molecule has 3 N–H and O–H groups in total. The van der Waals surface area contributed by atoms with Crippen LogP contribution >= 0.6 is 15.6 Å². The minimum Gasteiger partial charge on any atom is -0.462 e. The van der Waals surface area contributed by atoms with Gasteiger partial charge >= 0.3 is 39.5 Å². The predicted octanol–water partition coefficient (Wildman–Crippen LogP) is 24.1. The molecule has 0 radical (unpaired) electrons. The number of carbonyl (C=O) groups is 4. The maximum atomic E-state index is 13.1. The molecule has 17 nitrogen and oxygen atoms in total. The molecule has 0 fully saturated rings. The van der Waals surface area contributed by atoms with Crippen LogP contribution in [0.5, 0.6) is 0 Å². The number of hydrogen-bond acceptors (Lipinski definition) is 15. The molecule has 0 aromatic carbocycles. The van der Waals surface area contributed by atoms with Crippen molar-refractivity contribution in [3.63, 3.8) is 0 Å². The Morgan fingerprint density at radius 3 is 0.815 bits per heavy atom. The van der Waals surface area contributed by atoms with Crippen LogP contribution in [0.3, 0.4) is 0 Å². The molecule has 610 valence electrons. The third kappa shape index (κ3) is 78.0. The van der Waals surface area contributed by atoms with Gasteiger partial charge in [0.1, 0.15) is 19.3 Å². The number of phosphoric acid groups is 2. The van der Waals surface area contributed by atoms with E-state index >= 15 is 0 Å². The molecule has 5 atom stereocenters. The highest BCUT2D eigenvalue weighted by molar-refractivity contribution is 7.47. The van der Waals surface area contributed by atoms with Gasteiger partial charge in [0.15, 0.2) is 12.2 Å². The van der Waals surface area contributed by atoms with Gasteiger partial charge in [-0.25, -0.2) is 9.13 Å². The molecule has 108 heavy (non-hydrogen) atoms. The number of rotatable bonds is 74. The van der Waals surface area contributed by atoms with Crippen LogP contribution in [-0.4, -0.2) is 96.7 Å². The normalized spacial score (nSPS) is 14.8. The van der Waals surface area contributed by atoms with E-state index in [2.05, 4.69) is 186 Å². The molecule has 19 heteroatoms. The Morgan fingerprint density at radius 2 is 0.500 bits per heavy atom. The van der Waals surface area contributed by atoms with Crippen LogP contribution in [0.25, 0.3) is 0 Å². The molecule has 0 amide bonds. The minimum absolute atomic E-state index is 0.0117. The largest absolute Gasteiger partial charge is 0.472 e. The lowest BCUT2D eigenvalue weighted by molar-refractivity contribution is -0.161. The number of hydrogen-bond donors (Lipinski definition) is 3. The highest BCUT2D eigenvalue weighted by Crippen LogP contribution is 2.45. The lowest BCUT2D eigenvalue weighted by Gasteiger charge is -2.21. The van der Waals surface area contributed by atoms with E-state index in [0.29, 0.717) is 38.5 Å². The quantitative estimate of drug-likeness (QED) is 0.0169. The van der Waals surface area contributed by atoms with Crippen LogP contribution in [0.1, 0.15) is 285 Å². The number of allylic oxidation sites excluding steroid dienone is 32. The molecule has 0 aromatic rings. The summed E-state index contributed by atoms with van der Waals surface area (Å²) < 4.78 is 68.5. The van der Waals surface area contributed by atoms with Crippen molar-refractivity contribution in [1.29, 1.82) is 0 Å². The average Bonchev–Trinajstić information content (AvgIpc) is 0.896. The van der Waals surface area contributed by atoms with Gasteiger partial charge in [0.25, 0.3) is 0 Å². The van der Waals surface area contributed by atoms with Crippen LogP contribution in [0, 0.1) is 0 Å². The van der Waals surface area contributed by atoms with Gasteiger partial charge in [0.2, 0.25) is 0 Å². The van der Waals surface area contributed by atoms with Crippen LogP contribution in [0.15, 0.2) is 194 Å². The lowest BCUT2D eigenvalue weighted by Crippen LogP contribution is -2.30. The number of phosphoric ester groups is 2. The van der Waals surface area contributed by atoms with Crippen molar-refractivity contribution in [3.8, 4) is 0 Å². The van der Waals surface area contributed by atoms with Gasteiger partial charge in [0, 0.05) is 25.7 Å². The Kier molecular flexibility index (Phi) is 74.5. The van der Waals surface area contributed by atoms with Crippen molar-refractivity contribution < 1.29 is 80.2 Å². The molecule has 0 heterocycles. The second-order valence-corrected chi connectivity index (χ2v) is 29.1. The number of unbranched alkanes of at least 4 members (excludes halogenated alkanes) is 16. The fraction of sp³-hybridized carbons (Fsp3) is 0.596. The Labute approximate surface area is 653 Å². The Bertz CT molecular complexity index is 2810. The second-order valence-electron chi connectivity index (χ2n) is 26.2. The molecule has 0 aliphatic heterocycles. The SMILES string of the molecule is CC/C=C\C/C=C\C/C=C\C/C=C\C/C=C\C/C=C\CCC(=O)OC[C@H](COP(=O)(O)OC[C@@H](O)COP(=O)(O)OC[C@@H](COC(=O)CCCCCCC/C=C\C/C=C\CCCCC)OC(=O)CCCCCCC/C=C\C/C=C\CCCCC)OC(=O)CC/C=C\C/C=C\C/C=C\C/C=C\C/C=C\C/C=C\CC. The van der Waals surface area contributed by atoms with E-state index in [9.17, 15) is 43.2 Å². The lowest BCUT2D eigenvalue weighted by atomic mass is 10.1. The molecule has 0 saturated carbocycles. The minimum atomic E-state index is -5.03. The van der Waals surface area contributed by atoms with E-state index in [1.165, 1.54) is 38.5 Å². The highest BCUT2D eigenvalue weighted by atomic mass is 31.2. The van der Waals surface area contributed by atoms with E-state index in [-0.39, 0.29) is 25.7 Å². The standard InChI is InChI=1S/C89H142O17P2/c1-5-9-13-17-21-25-29-33-37-39-41-43-47-50-54-58-62-66-70-74-87(92)100-80-85(106-89(94)76-72-68-64-60-56-52-48-44-42-40-38-34-30-26-22-18-14-10-6-2)82-104-108(97,98)102-78-83(90)77-101-107(95,96)103-81-84(105-88(93)75-71-67-63-59-55-51-46-36-32-28-24-20-16-12-8-4)79-99-86(91)73-69-65-61-57-53-49-45-35-31-27-23-19-15-11-7-3/h9-10,13-14,21-28,33-38,41-46,50,52,54,56,62,64,66,68,83-85,90H,5-8,11-12,15-20,29-32,39-40,47-49,51,53,55,57-61,63,65,67,69-82H2,1-4H3,(H,95,96)(H,97,98)/b13-9-,14-10-,25-21-,26-22-,27-23-,28-24-,37-33-,38-34-,43-41-,44-42-,45-35-,46-36-,54-50-,56-52-,66-62-,68-64-/t83-,84+,85+/m0/s1. The van der Waals surface area contributed by atoms with Crippen LogP contribution in [-0.2, 0) is 65.4 Å². The number of ether oxygens (including phenoxy) is 4. The van der Waals surface area contributed by atoms with Crippen molar-refractivity contribution in [1.82, 2.24) is 0 Å². The fourth-order valence-electron chi connectivity index (χ4n) is 9.92. The van der Waals surface area contributed by atoms with Crippen LogP contribution < -0.4 is 0 Å². The predicted molar refractivity (Wildman–Crippen MR) is 445 cm³/mol. The van der Waals surface area contributed by atoms with Gasteiger partial charge in [-0.3, -0.25) is 37.3 Å². The third-order valence-corrected chi connectivity index (χ3v) is 18.0. The summed E-state index contributed by atoms with van der Waals surface area (Å²) in [6.45, 7) is 4.37. The first-order valence-electron chi connectivity index (χ1n) is 40.7. The highest BCUT2D eigenvalue weighted by Gasteiger charge is 2.30. The van der Waals surface area contributed by atoms with Gasteiger partial charge < -0.3 is 33.8 Å². The topological polar surface area (TPSA) is 237 Å². The van der Waals surface area contributed by atoms with E-state index < -0.39 is 97.5 Å². The maximum Gasteiger partial charge on any atom is 0.472 e. The summed E-state index contributed by atoms with van der Waals surface area (Å²) in [4.78, 5) is 73.0. The summed E-state index contributed by atoms with van der Waals surface area (Å²) in [5.74, 6) is -2.42. The number of carbonyl (C=O) groups excluding carboxylic acids is 4. The van der Waals surface area contributed by atoms with E-state index in [0.717, 1.165) is 154 Å². The van der Waals surface area contributed by atoms with Crippen molar-refractivity contribution in [2.24, 2.45) is 0 Å². The molecule has 0 aliphatic rings. The number of esters is 4. The molecule has 0 bridgehead atoms. The average molecular weight is 1550 g/mol. The molecule has 0 aromatic heterocycles. The zero-order valence-electron chi connectivity index (χ0n) is 66.7. The van der Waals surface area contributed by atoms with E-state index in [4.69, 9.17) is 37.0 Å². The Morgan fingerprint density at radius 1 is 0.269 bits per heavy atom. The van der Waals surface area contributed by atoms with Crippen molar-refractivity contribution >= 4 is 39.5 Å². The van der Waals surface area contributed by atoms with Crippen LogP contribution in [0.2, 0.25) is 0 Å². The fourth-order valence-corrected chi connectivity index (χ4v) is 11.5. The van der Waals surface area contributed by atoms with Crippen molar-refractivity contribution in [2.75, 3.05) is 39.6 Å².